The van der Waals surface area contributed by atoms with Gasteiger partial charge < -0.3 is 4.98 Å². The van der Waals surface area contributed by atoms with Crippen molar-refractivity contribution < 1.29 is 14.6 Å². The van der Waals surface area contributed by atoms with Crippen molar-refractivity contribution in [3.8, 4) is 17.0 Å². The molecule has 0 saturated carbocycles. The van der Waals surface area contributed by atoms with Crippen molar-refractivity contribution in [2.75, 3.05) is 0 Å². The Bertz CT molecular complexity index is 728. The predicted molar refractivity (Wildman–Crippen MR) is 76.1 cm³/mol. The van der Waals surface area contributed by atoms with Crippen LogP contribution in [-0.2, 0) is 9.68 Å². The van der Waals surface area contributed by atoms with Gasteiger partial charge >= 0.3 is 5.97 Å². The average molecular weight is 267 g/mol. The maximum absolute atomic E-state index is 10.9. The number of aromatic nitrogens is 1. The smallest absolute Gasteiger partial charge is 0.352 e. The molecule has 3 rings (SSSR count). The summed E-state index contributed by atoms with van der Waals surface area (Å²) in [5.41, 5.74) is 2.80. The first kappa shape index (κ1) is 12.3. The number of para-hydroxylation sites is 2. The van der Waals surface area contributed by atoms with Crippen LogP contribution in [0, 0.1) is 0 Å². The van der Waals surface area contributed by atoms with Crippen LogP contribution in [0.3, 0.4) is 0 Å². The fourth-order valence-corrected chi connectivity index (χ4v) is 2.08. The van der Waals surface area contributed by atoms with Gasteiger partial charge in [0.25, 0.3) is 0 Å². The van der Waals surface area contributed by atoms with Crippen molar-refractivity contribution in [2.45, 2.75) is 6.92 Å². The molecule has 1 heterocycles. The summed E-state index contributed by atoms with van der Waals surface area (Å²) in [5.74, 6) is 0.00528. The van der Waals surface area contributed by atoms with Gasteiger partial charge in [0.05, 0.1) is 5.69 Å². The Balaban J connectivity index is 2.02. The van der Waals surface area contributed by atoms with E-state index in [0.717, 1.165) is 22.2 Å². The minimum absolute atomic E-state index is 0.489. The molecule has 100 valence electrons. The quantitative estimate of drug-likeness (QED) is 0.581. The first-order valence-corrected chi connectivity index (χ1v) is 6.26. The van der Waals surface area contributed by atoms with Crippen LogP contribution in [0.1, 0.15) is 6.92 Å². The van der Waals surface area contributed by atoms with E-state index in [2.05, 4.69) is 9.87 Å². The Morgan fingerprint density at radius 2 is 1.80 bits per heavy atom. The lowest BCUT2D eigenvalue weighted by Crippen LogP contribution is -2.03. The van der Waals surface area contributed by atoms with Crippen molar-refractivity contribution in [3.63, 3.8) is 0 Å². The molecular formula is C16H13NO3. The second kappa shape index (κ2) is 5.09. The zero-order valence-electron chi connectivity index (χ0n) is 10.9. The molecule has 1 aromatic heterocycles. The summed E-state index contributed by atoms with van der Waals surface area (Å²) in [6.07, 6.45) is 0. The topological polar surface area (TPSA) is 51.3 Å². The Morgan fingerprint density at radius 1 is 1.05 bits per heavy atom. The van der Waals surface area contributed by atoms with Gasteiger partial charge in [0.2, 0.25) is 0 Å². The Labute approximate surface area is 115 Å². The molecule has 0 spiro atoms. The molecule has 3 aromatic rings. The summed E-state index contributed by atoms with van der Waals surface area (Å²) in [5, 5.41) is 1.12. The minimum atomic E-state index is -0.489. The summed E-state index contributed by atoms with van der Waals surface area (Å²) in [6, 6.07) is 17.4. The molecule has 0 radical (unpaired) electrons. The van der Waals surface area contributed by atoms with Crippen molar-refractivity contribution in [1.82, 2.24) is 4.98 Å². The fourth-order valence-electron chi connectivity index (χ4n) is 2.08. The molecular weight excluding hydrogens is 254 g/mol. The molecule has 20 heavy (non-hydrogen) atoms. The third-order valence-corrected chi connectivity index (χ3v) is 2.96. The van der Waals surface area contributed by atoms with Gasteiger partial charge in [-0.15, -0.1) is 0 Å². The number of carbonyl (C=O) groups is 1. The SMILES string of the molecule is CC(=O)OOc1ccccc1-c1cc2ccccc2[nH]1. The molecule has 1 N–H and O–H groups in total. The van der Waals surface area contributed by atoms with Crippen LogP contribution in [0.15, 0.2) is 54.6 Å². The molecule has 0 aliphatic rings. The third kappa shape index (κ3) is 2.36. The zero-order valence-corrected chi connectivity index (χ0v) is 10.9. The number of rotatable bonds is 3. The van der Waals surface area contributed by atoms with Gasteiger partial charge in [-0.1, -0.05) is 30.3 Å². The average Bonchev–Trinajstić information content (AvgIpc) is 2.89. The summed E-state index contributed by atoms with van der Waals surface area (Å²) in [4.78, 5) is 23.9. The summed E-state index contributed by atoms with van der Waals surface area (Å²) >= 11 is 0. The molecule has 0 amide bonds. The molecule has 0 bridgehead atoms. The van der Waals surface area contributed by atoms with E-state index >= 15 is 0 Å². The normalized spacial score (nSPS) is 10.4. The highest BCUT2D eigenvalue weighted by atomic mass is 17.2. The van der Waals surface area contributed by atoms with E-state index in [1.165, 1.54) is 6.92 Å². The highest BCUT2D eigenvalue weighted by Crippen LogP contribution is 2.31. The van der Waals surface area contributed by atoms with E-state index in [0.29, 0.717) is 5.75 Å². The Hall–Kier alpha value is -2.75. The minimum Gasteiger partial charge on any atom is -0.354 e. The number of aromatic amines is 1. The summed E-state index contributed by atoms with van der Waals surface area (Å²) in [6.45, 7) is 1.30. The Morgan fingerprint density at radius 3 is 2.60 bits per heavy atom. The molecule has 0 unspecified atom stereocenters. The van der Waals surface area contributed by atoms with E-state index in [9.17, 15) is 4.79 Å². The second-order valence-electron chi connectivity index (χ2n) is 4.42. The lowest BCUT2D eigenvalue weighted by Gasteiger charge is -2.07. The first-order valence-electron chi connectivity index (χ1n) is 6.26. The molecule has 4 heteroatoms. The lowest BCUT2D eigenvalue weighted by atomic mass is 10.1. The van der Waals surface area contributed by atoms with Crippen LogP contribution >= 0.6 is 0 Å². The number of carbonyl (C=O) groups excluding carboxylic acids is 1. The first-order chi connectivity index (χ1) is 9.74. The van der Waals surface area contributed by atoms with Crippen molar-refractivity contribution >= 4 is 16.9 Å². The lowest BCUT2D eigenvalue weighted by molar-refractivity contribution is -0.210. The predicted octanol–water partition coefficient (Wildman–Crippen LogP) is 3.69. The molecule has 2 aromatic carbocycles. The van der Waals surface area contributed by atoms with Gasteiger partial charge in [0.15, 0.2) is 5.75 Å². The number of hydrogen-bond acceptors (Lipinski definition) is 3. The fraction of sp³-hybridized carbons (Fsp3) is 0.0625. The van der Waals surface area contributed by atoms with Crippen LogP contribution in [0.25, 0.3) is 22.2 Å². The van der Waals surface area contributed by atoms with E-state index in [1.54, 1.807) is 6.07 Å². The van der Waals surface area contributed by atoms with Crippen LogP contribution in [0.5, 0.6) is 5.75 Å². The standard InChI is InChI=1S/C16H13NO3/c1-11(18)19-20-16-9-5-3-7-13(16)15-10-12-6-2-4-8-14(12)17-15/h2-10,17H,1H3. The third-order valence-electron chi connectivity index (χ3n) is 2.96. The van der Waals surface area contributed by atoms with Crippen molar-refractivity contribution in [2.24, 2.45) is 0 Å². The van der Waals surface area contributed by atoms with E-state index < -0.39 is 5.97 Å². The number of benzene rings is 2. The highest BCUT2D eigenvalue weighted by molar-refractivity contribution is 5.86. The second-order valence-corrected chi connectivity index (χ2v) is 4.42. The molecule has 0 fully saturated rings. The Kier molecular flexibility index (Phi) is 3.13. The maximum Gasteiger partial charge on any atom is 0.352 e. The van der Waals surface area contributed by atoms with Gasteiger partial charge in [-0.3, -0.25) is 9.78 Å². The molecule has 0 atom stereocenters. The number of fused-ring (bicyclic) bond motifs is 1. The van der Waals surface area contributed by atoms with E-state index in [1.807, 2.05) is 48.5 Å². The molecule has 4 nitrogen and oxygen atoms in total. The van der Waals surface area contributed by atoms with Gasteiger partial charge in [-0.05, 0) is 24.3 Å². The summed E-state index contributed by atoms with van der Waals surface area (Å²) in [7, 11) is 0. The van der Waals surface area contributed by atoms with Crippen LogP contribution in [-0.4, -0.2) is 11.0 Å². The van der Waals surface area contributed by atoms with Gasteiger partial charge in [-0.2, -0.15) is 0 Å². The monoisotopic (exact) mass is 267 g/mol. The van der Waals surface area contributed by atoms with E-state index in [-0.39, 0.29) is 0 Å². The van der Waals surface area contributed by atoms with E-state index in [4.69, 9.17) is 4.89 Å². The highest BCUT2D eigenvalue weighted by Gasteiger charge is 2.10. The summed E-state index contributed by atoms with van der Waals surface area (Å²) < 4.78 is 0. The van der Waals surface area contributed by atoms with Crippen LogP contribution in [0.2, 0.25) is 0 Å². The van der Waals surface area contributed by atoms with Gasteiger partial charge in [0, 0.05) is 23.4 Å². The number of hydrogen-bond donors (Lipinski definition) is 1. The molecule has 0 aliphatic heterocycles. The largest absolute Gasteiger partial charge is 0.354 e. The van der Waals surface area contributed by atoms with Crippen LogP contribution in [0.4, 0.5) is 0 Å². The van der Waals surface area contributed by atoms with Crippen molar-refractivity contribution in [3.05, 3.63) is 54.6 Å². The maximum atomic E-state index is 10.9. The van der Waals surface area contributed by atoms with Gasteiger partial charge in [0.1, 0.15) is 0 Å². The van der Waals surface area contributed by atoms with Crippen molar-refractivity contribution in [1.29, 1.82) is 0 Å². The number of H-pyrrole nitrogens is 1. The zero-order chi connectivity index (χ0) is 13.9. The van der Waals surface area contributed by atoms with Crippen LogP contribution < -0.4 is 4.89 Å². The van der Waals surface area contributed by atoms with Gasteiger partial charge in [-0.25, -0.2) is 4.79 Å². The number of nitrogens with one attached hydrogen (secondary N) is 1. The molecule has 0 aliphatic carbocycles. The molecule has 0 saturated heterocycles.